The van der Waals surface area contributed by atoms with Gasteiger partial charge < -0.3 is 18.9 Å². The highest BCUT2D eigenvalue weighted by Crippen LogP contribution is 2.43. The summed E-state index contributed by atoms with van der Waals surface area (Å²) in [5.41, 5.74) is 0. The highest BCUT2D eigenvalue weighted by atomic mass is 31.2. The van der Waals surface area contributed by atoms with Crippen molar-refractivity contribution >= 4 is 19.8 Å². The normalized spacial score (nSPS) is 14.1. The number of ether oxygens (including phenoxy) is 2. The zero-order chi connectivity index (χ0) is 57.0. The van der Waals surface area contributed by atoms with Crippen molar-refractivity contribution in [2.24, 2.45) is 0 Å². The average Bonchev–Trinajstić information content (AvgIpc) is 3.41. The van der Waals surface area contributed by atoms with Gasteiger partial charge in [0.1, 0.15) is 19.8 Å². The van der Waals surface area contributed by atoms with Gasteiger partial charge in [0.05, 0.1) is 27.7 Å². The van der Waals surface area contributed by atoms with E-state index < -0.39 is 26.5 Å². The fourth-order valence-corrected chi connectivity index (χ4v) is 8.99. The van der Waals surface area contributed by atoms with Crippen molar-refractivity contribution < 1.29 is 42.1 Å². The van der Waals surface area contributed by atoms with Crippen LogP contribution in [-0.2, 0) is 32.7 Å². The Hall–Kier alpha value is -3.59. The first-order chi connectivity index (χ1) is 38.0. The Kier molecular flexibility index (Phi) is 55.4. The summed E-state index contributed by atoms with van der Waals surface area (Å²) in [7, 11) is 1.46. The van der Waals surface area contributed by atoms with Gasteiger partial charge >= 0.3 is 19.8 Å². The minimum atomic E-state index is -4.40. The number of phosphoric acid groups is 1. The number of likely N-dealkylation sites (N-methyl/N-ethyl adjacent to an activating group) is 1. The molecule has 0 saturated carbocycles. The molecule has 0 saturated heterocycles. The van der Waals surface area contributed by atoms with Crippen LogP contribution in [0.25, 0.3) is 0 Å². The van der Waals surface area contributed by atoms with E-state index in [0.29, 0.717) is 17.4 Å². The molecule has 0 aromatic heterocycles. The number of carbonyl (C=O) groups excluding carboxylic acids is 2. The number of phosphoric ester groups is 1. The van der Waals surface area contributed by atoms with E-state index in [1.807, 2.05) is 21.1 Å². The summed E-state index contributed by atoms with van der Waals surface area (Å²) >= 11 is 0. The number of unbranched alkanes of at least 4 members (excludes halogenated alkanes) is 22. The van der Waals surface area contributed by atoms with Gasteiger partial charge in [-0.15, -0.1) is 0 Å². The molecular formula is C68H117NO8P+. The highest BCUT2D eigenvalue weighted by Gasteiger charge is 2.27. The van der Waals surface area contributed by atoms with Gasteiger partial charge in [0.2, 0.25) is 0 Å². The van der Waals surface area contributed by atoms with E-state index in [2.05, 4.69) is 135 Å². The molecule has 0 rings (SSSR count). The summed E-state index contributed by atoms with van der Waals surface area (Å²) in [6, 6.07) is 0. The Morgan fingerprint density at radius 1 is 0.397 bits per heavy atom. The first-order valence-electron chi connectivity index (χ1n) is 31.3. The van der Waals surface area contributed by atoms with E-state index in [4.69, 9.17) is 18.5 Å². The topological polar surface area (TPSA) is 108 Å². The molecule has 1 N–H and O–H groups in total. The van der Waals surface area contributed by atoms with Crippen molar-refractivity contribution in [1.29, 1.82) is 0 Å². The number of nitrogens with zero attached hydrogens (tertiary/aromatic N) is 1. The minimum absolute atomic E-state index is 0.0241. The largest absolute Gasteiger partial charge is 0.472 e. The lowest BCUT2D eigenvalue weighted by Gasteiger charge is -2.24. The maximum absolute atomic E-state index is 12.8. The molecule has 0 fully saturated rings. The van der Waals surface area contributed by atoms with Crippen LogP contribution in [0.2, 0.25) is 0 Å². The molecule has 0 bridgehead atoms. The Bertz CT molecular complexity index is 1730. The van der Waals surface area contributed by atoms with Crippen molar-refractivity contribution in [2.45, 2.75) is 251 Å². The van der Waals surface area contributed by atoms with E-state index in [1.54, 1.807) is 0 Å². The van der Waals surface area contributed by atoms with Crippen LogP contribution in [0, 0.1) is 0 Å². The number of quaternary nitrogens is 1. The fraction of sp³-hybridized carbons (Fsp3) is 0.676. The third-order valence-electron chi connectivity index (χ3n) is 13.0. The van der Waals surface area contributed by atoms with Crippen LogP contribution in [0.3, 0.4) is 0 Å². The monoisotopic (exact) mass is 1110 g/mol. The van der Waals surface area contributed by atoms with E-state index in [9.17, 15) is 19.0 Å². The van der Waals surface area contributed by atoms with E-state index in [0.717, 1.165) is 109 Å². The van der Waals surface area contributed by atoms with E-state index >= 15 is 0 Å². The van der Waals surface area contributed by atoms with Crippen molar-refractivity contribution in [3.63, 3.8) is 0 Å². The quantitative estimate of drug-likeness (QED) is 0.0211. The van der Waals surface area contributed by atoms with Gasteiger partial charge in [-0.1, -0.05) is 251 Å². The lowest BCUT2D eigenvalue weighted by molar-refractivity contribution is -0.870. The average molecular weight is 1110 g/mol. The Balaban J connectivity index is 4.16. The molecule has 0 aromatic rings. The summed E-state index contributed by atoms with van der Waals surface area (Å²) in [6.45, 7) is 4.20. The predicted molar refractivity (Wildman–Crippen MR) is 334 cm³/mol. The molecule has 0 aliphatic rings. The van der Waals surface area contributed by atoms with Gasteiger partial charge in [-0.25, -0.2) is 4.57 Å². The van der Waals surface area contributed by atoms with E-state index in [-0.39, 0.29) is 32.0 Å². The van der Waals surface area contributed by atoms with Crippen LogP contribution >= 0.6 is 7.82 Å². The second-order valence-corrected chi connectivity index (χ2v) is 23.1. The van der Waals surface area contributed by atoms with Gasteiger partial charge in [0.25, 0.3) is 0 Å². The number of hydrogen-bond acceptors (Lipinski definition) is 7. The third-order valence-corrected chi connectivity index (χ3v) is 14.0. The zero-order valence-corrected chi connectivity index (χ0v) is 51.5. The van der Waals surface area contributed by atoms with Crippen molar-refractivity contribution in [1.82, 2.24) is 0 Å². The second kappa shape index (κ2) is 58.1. The maximum Gasteiger partial charge on any atom is 0.472 e. The molecule has 0 aliphatic carbocycles. The van der Waals surface area contributed by atoms with Gasteiger partial charge in [0.15, 0.2) is 6.10 Å². The molecule has 0 aromatic carbocycles. The molecule has 0 heterocycles. The van der Waals surface area contributed by atoms with E-state index in [1.165, 1.54) is 103 Å². The van der Waals surface area contributed by atoms with Crippen LogP contribution in [-0.4, -0.2) is 74.9 Å². The molecule has 2 unspecified atom stereocenters. The van der Waals surface area contributed by atoms with Gasteiger partial charge in [-0.3, -0.25) is 18.6 Å². The van der Waals surface area contributed by atoms with Crippen molar-refractivity contribution in [3.8, 4) is 0 Å². The smallest absolute Gasteiger partial charge is 0.462 e. The lowest BCUT2D eigenvalue weighted by atomic mass is 10.0. The standard InChI is InChI=1S/C68H116NO8P/c1-6-8-10-12-14-16-18-20-22-24-26-28-30-32-34-36-38-40-42-44-46-48-50-52-54-56-58-60-67(70)74-64-66(65-76-78(72,73)75-63-62-69(3,4)5)77-68(71)61-59-57-55-53-51-49-47-45-43-41-39-37-35-33-31-29-27-25-23-21-19-17-15-13-11-9-7-2/h8-11,14-17,20-23,26-29,33,35,39,41,66H,6-7,12-13,18-19,24-25,30-32,34,36-38,40,42-65H2,1-5H3/p+1/b10-8-,11-9-,16-14-,17-15-,22-20-,23-21-,28-26-,29-27-,35-33-,41-39-. The zero-order valence-electron chi connectivity index (χ0n) is 50.6. The first-order valence-corrected chi connectivity index (χ1v) is 32.8. The molecule has 0 spiro atoms. The third kappa shape index (κ3) is 61.6. The van der Waals surface area contributed by atoms with Crippen molar-refractivity contribution in [3.05, 3.63) is 122 Å². The SMILES string of the molecule is CC/C=C\C/C=C\C/C=C\C/C=C\C/C=C\C/C=C\CCCCCCCCCCC(=O)OC(COC(=O)CCCCCCCCCCCCCCCC/C=C\C/C=C\C/C=C\C/C=C\CC)COP(=O)(O)OCC[N+](C)(C)C. The summed E-state index contributed by atoms with van der Waals surface area (Å²) < 4.78 is 34.6. The molecule has 78 heavy (non-hydrogen) atoms. The van der Waals surface area contributed by atoms with Gasteiger partial charge in [0, 0.05) is 12.8 Å². The van der Waals surface area contributed by atoms with Gasteiger partial charge in [-0.05, 0) is 103 Å². The number of hydrogen-bond donors (Lipinski definition) is 1. The number of esters is 2. The minimum Gasteiger partial charge on any atom is -0.462 e. The highest BCUT2D eigenvalue weighted by molar-refractivity contribution is 7.47. The second-order valence-electron chi connectivity index (χ2n) is 21.7. The summed E-state index contributed by atoms with van der Waals surface area (Å²) in [5, 5.41) is 0. The lowest BCUT2D eigenvalue weighted by Crippen LogP contribution is -2.37. The van der Waals surface area contributed by atoms with Crippen LogP contribution in [0.5, 0.6) is 0 Å². The Morgan fingerprint density at radius 3 is 1.03 bits per heavy atom. The van der Waals surface area contributed by atoms with Crippen LogP contribution in [0.4, 0.5) is 0 Å². The molecule has 0 amide bonds. The van der Waals surface area contributed by atoms with Gasteiger partial charge in [-0.2, -0.15) is 0 Å². The van der Waals surface area contributed by atoms with Crippen LogP contribution in [0.15, 0.2) is 122 Å². The Labute approximate surface area is 479 Å². The Morgan fingerprint density at radius 2 is 0.692 bits per heavy atom. The molecule has 9 nitrogen and oxygen atoms in total. The number of rotatable bonds is 56. The molecule has 0 radical (unpaired) electrons. The summed E-state index contributed by atoms with van der Waals surface area (Å²) in [6.07, 6.45) is 82.7. The molecule has 446 valence electrons. The molecule has 0 aliphatic heterocycles. The summed E-state index contributed by atoms with van der Waals surface area (Å²) in [5.74, 6) is -0.811. The summed E-state index contributed by atoms with van der Waals surface area (Å²) in [4.78, 5) is 35.8. The fourth-order valence-electron chi connectivity index (χ4n) is 8.25. The molecule has 10 heteroatoms. The van der Waals surface area contributed by atoms with Crippen LogP contribution in [0.1, 0.15) is 245 Å². The van der Waals surface area contributed by atoms with Crippen LogP contribution < -0.4 is 0 Å². The number of carbonyl (C=O) groups is 2. The first kappa shape index (κ1) is 74.4. The number of allylic oxidation sites excluding steroid dienone is 20. The molecular weight excluding hydrogens is 990 g/mol. The van der Waals surface area contributed by atoms with Crippen molar-refractivity contribution in [2.75, 3.05) is 47.5 Å². The molecule has 2 atom stereocenters. The maximum atomic E-state index is 12.8. The predicted octanol–water partition coefficient (Wildman–Crippen LogP) is 19.9.